The van der Waals surface area contributed by atoms with Crippen molar-refractivity contribution in [2.45, 2.75) is 46.1 Å². The largest absolute Gasteiger partial charge is 0.347 e. The van der Waals surface area contributed by atoms with Crippen LogP contribution in [0, 0.1) is 0 Å². The van der Waals surface area contributed by atoms with E-state index in [4.69, 9.17) is 11.6 Å². The maximum atomic E-state index is 12.0. The molecule has 17 heavy (non-hydrogen) atoms. The highest BCUT2D eigenvalue weighted by Crippen LogP contribution is 2.18. The lowest BCUT2D eigenvalue weighted by Crippen LogP contribution is -2.40. The van der Waals surface area contributed by atoms with Crippen LogP contribution in [0.1, 0.15) is 56.6 Å². The summed E-state index contributed by atoms with van der Waals surface area (Å²) in [5.74, 6) is 0.124. The highest BCUT2D eigenvalue weighted by atomic mass is 35.5. The lowest BCUT2D eigenvalue weighted by atomic mass is 10.1. The van der Waals surface area contributed by atoms with Gasteiger partial charge in [-0.2, -0.15) is 0 Å². The van der Waals surface area contributed by atoms with E-state index in [9.17, 15) is 4.79 Å². The van der Waals surface area contributed by atoms with Gasteiger partial charge < -0.3 is 5.32 Å². The zero-order chi connectivity index (χ0) is 13.2. The molecule has 0 aromatic carbocycles. The Bertz CT molecular complexity index is 422. The predicted molar refractivity (Wildman–Crippen MR) is 70.6 cm³/mol. The van der Waals surface area contributed by atoms with Crippen molar-refractivity contribution >= 4 is 17.5 Å². The summed E-state index contributed by atoms with van der Waals surface area (Å²) >= 11 is 5.92. The lowest BCUT2D eigenvalue weighted by molar-refractivity contribution is 0.0919. The summed E-state index contributed by atoms with van der Waals surface area (Å²) in [7, 11) is 0. The molecule has 1 amide bonds. The maximum absolute atomic E-state index is 12.0. The van der Waals surface area contributed by atoms with Crippen molar-refractivity contribution < 1.29 is 4.79 Å². The minimum atomic E-state index is -0.259. The third kappa shape index (κ3) is 4.35. The molecule has 1 aromatic rings. The third-order valence-electron chi connectivity index (χ3n) is 2.16. The fourth-order valence-electron chi connectivity index (χ4n) is 1.36. The van der Waals surface area contributed by atoms with Crippen molar-refractivity contribution in [3.05, 3.63) is 28.5 Å². The van der Waals surface area contributed by atoms with Crippen LogP contribution in [-0.4, -0.2) is 16.4 Å². The van der Waals surface area contributed by atoms with E-state index in [-0.39, 0.29) is 17.4 Å². The topological polar surface area (TPSA) is 42.0 Å². The van der Waals surface area contributed by atoms with Gasteiger partial charge in [0.25, 0.3) is 5.91 Å². The number of aromatic nitrogens is 1. The lowest BCUT2D eigenvalue weighted by Gasteiger charge is -2.20. The molecule has 0 unspecified atom stereocenters. The van der Waals surface area contributed by atoms with Crippen molar-refractivity contribution in [3.63, 3.8) is 0 Å². The molecular formula is C13H19ClN2O. The third-order valence-corrected chi connectivity index (χ3v) is 2.35. The number of amides is 1. The van der Waals surface area contributed by atoms with E-state index in [0.29, 0.717) is 10.7 Å². The molecule has 0 radical (unpaired) electrons. The standard InChI is InChI=1S/C13H19ClN2O/c1-8(2)10-6-9(7-11(14)15-10)12(17)16-13(3,4)5/h6-8H,1-5H3,(H,16,17). The Balaban J connectivity index is 3.02. The fraction of sp³-hybridized carbons (Fsp3) is 0.538. The molecule has 0 saturated carbocycles. The number of rotatable bonds is 2. The Kier molecular flexibility index (Phi) is 4.15. The fourth-order valence-corrected chi connectivity index (χ4v) is 1.57. The second kappa shape index (κ2) is 5.05. The van der Waals surface area contributed by atoms with Gasteiger partial charge in [0.1, 0.15) is 5.15 Å². The second-order valence-corrected chi connectivity index (χ2v) is 5.85. The van der Waals surface area contributed by atoms with Gasteiger partial charge in [-0.15, -0.1) is 0 Å². The first-order valence-electron chi connectivity index (χ1n) is 5.69. The zero-order valence-corrected chi connectivity index (χ0v) is 11.7. The van der Waals surface area contributed by atoms with E-state index in [2.05, 4.69) is 10.3 Å². The summed E-state index contributed by atoms with van der Waals surface area (Å²) < 4.78 is 0. The van der Waals surface area contributed by atoms with Gasteiger partial charge >= 0.3 is 0 Å². The van der Waals surface area contributed by atoms with Gasteiger partial charge in [-0.3, -0.25) is 4.79 Å². The number of pyridine rings is 1. The summed E-state index contributed by atoms with van der Waals surface area (Å²) in [4.78, 5) is 16.2. The Hall–Kier alpha value is -1.09. The van der Waals surface area contributed by atoms with Gasteiger partial charge in [0.2, 0.25) is 0 Å². The molecule has 0 aliphatic rings. The van der Waals surface area contributed by atoms with Crippen LogP contribution in [0.4, 0.5) is 0 Å². The molecule has 0 aliphatic heterocycles. The average molecular weight is 255 g/mol. The summed E-state index contributed by atoms with van der Waals surface area (Å²) in [6.07, 6.45) is 0. The van der Waals surface area contributed by atoms with Crippen LogP contribution in [0.15, 0.2) is 12.1 Å². The molecule has 1 aromatic heterocycles. The van der Waals surface area contributed by atoms with E-state index < -0.39 is 0 Å². The molecule has 1 rings (SSSR count). The van der Waals surface area contributed by atoms with Gasteiger partial charge in [-0.05, 0) is 38.8 Å². The zero-order valence-electron chi connectivity index (χ0n) is 11.0. The molecule has 0 fully saturated rings. The van der Waals surface area contributed by atoms with Crippen LogP contribution in [0.2, 0.25) is 5.15 Å². The number of hydrogen-bond donors (Lipinski definition) is 1. The first kappa shape index (κ1) is 14.0. The minimum Gasteiger partial charge on any atom is -0.347 e. The van der Waals surface area contributed by atoms with E-state index in [1.807, 2.05) is 34.6 Å². The normalized spacial score (nSPS) is 11.7. The predicted octanol–water partition coefficient (Wildman–Crippen LogP) is 3.39. The van der Waals surface area contributed by atoms with Gasteiger partial charge in [0.05, 0.1) is 0 Å². The van der Waals surface area contributed by atoms with Crippen molar-refractivity contribution in [2.75, 3.05) is 0 Å². The molecule has 0 bridgehead atoms. The molecule has 0 aliphatic carbocycles. The molecule has 1 N–H and O–H groups in total. The van der Waals surface area contributed by atoms with Crippen molar-refractivity contribution in [1.82, 2.24) is 10.3 Å². The van der Waals surface area contributed by atoms with Crippen molar-refractivity contribution in [2.24, 2.45) is 0 Å². The van der Waals surface area contributed by atoms with Crippen molar-refractivity contribution in [3.8, 4) is 0 Å². The summed E-state index contributed by atoms with van der Waals surface area (Å²) in [5, 5.41) is 3.26. The highest BCUT2D eigenvalue weighted by molar-refractivity contribution is 6.29. The molecule has 0 saturated heterocycles. The average Bonchev–Trinajstić information content (AvgIpc) is 2.13. The first-order chi connectivity index (χ1) is 7.69. The molecule has 3 nitrogen and oxygen atoms in total. The Labute approximate surface area is 108 Å². The molecule has 0 spiro atoms. The van der Waals surface area contributed by atoms with E-state index >= 15 is 0 Å². The molecule has 0 atom stereocenters. The van der Waals surface area contributed by atoms with Gasteiger partial charge in [0, 0.05) is 16.8 Å². The second-order valence-electron chi connectivity index (χ2n) is 5.46. The molecule has 94 valence electrons. The number of carbonyl (C=O) groups excluding carboxylic acids is 1. The summed E-state index contributed by atoms with van der Waals surface area (Å²) in [6, 6.07) is 3.38. The number of carbonyl (C=O) groups is 1. The van der Waals surface area contributed by atoms with Crippen LogP contribution in [0.5, 0.6) is 0 Å². The number of nitrogens with zero attached hydrogens (tertiary/aromatic N) is 1. The summed E-state index contributed by atoms with van der Waals surface area (Å²) in [5.41, 5.74) is 1.13. The monoisotopic (exact) mass is 254 g/mol. The van der Waals surface area contributed by atoms with E-state index in [0.717, 1.165) is 5.69 Å². The quantitative estimate of drug-likeness (QED) is 0.822. The number of halogens is 1. The molecule has 4 heteroatoms. The minimum absolute atomic E-state index is 0.122. The number of nitrogens with one attached hydrogen (secondary N) is 1. The van der Waals surface area contributed by atoms with E-state index in [1.54, 1.807) is 12.1 Å². The molecule has 1 heterocycles. The van der Waals surface area contributed by atoms with Gasteiger partial charge in [0.15, 0.2) is 0 Å². The molecular weight excluding hydrogens is 236 g/mol. The van der Waals surface area contributed by atoms with E-state index in [1.165, 1.54) is 0 Å². The SMILES string of the molecule is CC(C)c1cc(C(=O)NC(C)(C)C)cc(Cl)n1. The van der Waals surface area contributed by atoms with Gasteiger partial charge in [-0.25, -0.2) is 4.98 Å². The van der Waals surface area contributed by atoms with Crippen LogP contribution in [0.25, 0.3) is 0 Å². The Morgan fingerprint density at radius 1 is 1.35 bits per heavy atom. The van der Waals surface area contributed by atoms with Gasteiger partial charge in [-0.1, -0.05) is 25.4 Å². The van der Waals surface area contributed by atoms with Crippen LogP contribution in [0.3, 0.4) is 0 Å². The smallest absolute Gasteiger partial charge is 0.251 e. The van der Waals surface area contributed by atoms with Crippen LogP contribution in [-0.2, 0) is 0 Å². The summed E-state index contributed by atoms with van der Waals surface area (Å²) in [6.45, 7) is 9.86. The highest BCUT2D eigenvalue weighted by Gasteiger charge is 2.17. The number of hydrogen-bond acceptors (Lipinski definition) is 2. The van der Waals surface area contributed by atoms with Crippen molar-refractivity contribution in [1.29, 1.82) is 0 Å². The maximum Gasteiger partial charge on any atom is 0.251 e. The van der Waals surface area contributed by atoms with Crippen LogP contribution < -0.4 is 5.32 Å². The first-order valence-corrected chi connectivity index (χ1v) is 6.07. The Morgan fingerprint density at radius 2 is 1.94 bits per heavy atom. The Morgan fingerprint density at radius 3 is 2.41 bits per heavy atom. The van der Waals surface area contributed by atoms with Crippen LogP contribution >= 0.6 is 11.6 Å².